The van der Waals surface area contributed by atoms with Crippen molar-refractivity contribution in [2.45, 2.75) is 105 Å². The molecule has 8 nitrogen and oxygen atoms in total. The Bertz CT molecular complexity index is 1670. The van der Waals surface area contributed by atoms with Crippen molar-refractivity contribution in [3.05, 3.63) is 97.1 Å². The topological polar surface area (TPSA) is 118 Å². The van der Waals surface area contributed by atoms with Gasteiger partial charge in [-0.3, -0.25) is 0 Å². The summed E-state index contributed by atoms with van der Waals surface area (Å²) in [7, 11) is -25.9. The third-order valence-corrected chi connectivity index (χ3v) is 36.7. The van der Waals surface area contributed by atoms with Crippen molar-refractivity contribution in [1.29, 1.82) is 0 Å². The molecule has 4 aromatic rings. The van der Waals surface area contributed by atoms with Crippen LogP contribution < -0.4 is 41.5 Å². The van der Waals surface area contributed by atoms with Crippen molar-refractivity contribution in [3.63, 3.8) is 0 Å². The van der Waals surface area contributed by atoms with Crippen LogP contribution in [-0.2, 0) is 16.5 Å². The second-order valence-electron chi connectivity index (χ2n) is 19.5. The summed E-state index contributed by atoms with van der Waals surface area (Å²) < 4.78 is 30.4. The molecule has 0 aromatic heterocycles. The standard InChI is InChI=1S/C40H68O8Si9/c1-49(2,41)33-17-25-37(26-18-33)53(9,10)45-57(46-54(11,12)38-27-19-34(20-28-38)50(3,4)42,47-55(13,14)39-29-21-35(22-30-39)51(5,6)43)48-56(15,16)40-31-23-36(24-32-40)52(7,8)44/h17-32,41-44H,1-16H3. The Morgan fingerprint density at radius 2 is 0.368 bits per heavy atom. The first kappa shape index (κ1) is 48.2. The average Bonchev–Trinajstić information content (AvgIpc) is 3.06. The molecule has 0 radical (unpaired) electrons. The van der Waals surface area contributed by atoms with E-state index >= 15 is 0 Å². The van der Waals surface area contributed by atoms with E-state index in [1.807, 2.05) is 101 Å². The summed E-state index contributed by atoms with van der Waals surface area (Å²) in [6.45, 7) is 32.6. The molecule has 0 bridgehead atoms. The molecule has 4 N–H and O–H groups in total. The Morgan fingerprint density at radius 3 is 0.491 bits per heavy atom. The fourth-order valence-electron chi connectivity index (χ4n) is 6.73. The molecule has 312 valence electrons. The molecule has 0 saturated heterocycles. The van der Waals surface area contributed by atoms with Gasteiger partial charge in [-0.2, -0.15) is 0 Å². The highest BCUT2D eigenvalue weighted by atomic mass is 28.5. The highest BCUT2D eigenvalue weighted by molar-refractivity contribution is 7.01. The Hall–Kier alpha value is -1.49. The number of hydrogen-bond donors (Lipinski definition) is 4. The molecule has 4 aromatic carbocycles. The molecule has 0 aliphatic carbocycles. The quantitative estimate of drug-likeness (QED) is 0.126. The van der Waals surface area contributed by atoms with Crippen LogP contribution in [0.1, 0.15) is 0 Å². The zero-order chi connectivity index (χ0) is 43.3. The van der Waals surface area contributed by atoms with E-state index in [1.54, 1.807) is 0 Å². The Balaban J connectivity index is 1.96. The highest BCUT2D eigenvalue weighted by Gasteiger charge is 2.59. The first-order valence-corrected chi connectivity index (χ1v) is 44.9. The minimum absolute atomic E-state index is 0.951. The van der Waals surface area contributed by atoms with Gasteiger partial charge in [0, 0.05) is 0 Å². The van der Waals surface area contributed by atoms with E-state index in [4.69, 9.17) is 16.5 Å². The third-order valence-electron chi connectivity index (χ3n) is 10.7. The third kappa shape index (κ3) is 12.3. The van der Waals surface area contributed by atoms with E-state index in [-0.39, 0.29) is 0 Å². The summed E-state index contributed by atoms with van der Waals surface area (Å²) in [5.74, 6) is 0. The van der Waals surface area contributed by atoms with E-state index in [9.17, 15) is 19.2 Å². The molecule has 17 heteroatoms. The summed E-state index contributed by atoms with van der Waals surface area (Å²) >= 11 is 0. The molecule has 0 spiro atoms. The molecule has 0 unspecified atom stereocenters. The predicted octanol–water partition coefficient (Wildman–Crippen LogP) is 3.56. The lowest BCUT2D eigenvalue weighted by Gasteiger charge is -2.46. The maximum absolute atomic E-state index is 10.9. The summed E-state index contributed by atoms with van der Waals surface area (Å²) in [5, 5.41) is 7.95. The van der Waals surface area contributed by atoms with Gasteiger partial charge in [-0.15, -0.1) is 0 Å². The SMILES string of the molecule is C[Si](C)(O)c1ccc([Si](C)(C)O[Si](O[Si](C)(C)c2ccc([Si](C)(C)O)cc2)(O[Si](C)(C)c2ccc([Si](C)(C)O)cc2)O[Si](C)(C)c2ccc([Si](C)(C)O)cc2)cc1. The van der Waals surface area contributed by atoms with Gasteiger partial charge in [-0.25, -0.2) is 0 Å². The lowest BCUT2D eigenvalue weighted by atomic mass is 10.4. The van der Waals surface area contributed by atoms with Crippen molar-refractivity contribution >= 4 is 117 Å². The lowest BCUT2D eigenvalue weighted by Crippen LogP contribution is -2.72. The van der Waals surface area contributed by atoms with Crippen LogP contribution in [0.5, 0.6) is 0 Å². The summed E-state index contributed by atoms with van der Waals surface area (Å²) in [6.07, 6.45) is 0. The zero-order valence-electron chi connectivity index (χ0n) is 37.2. The van der Waals surface area contributed by atoms with E-state index in [0.29, 0.717) is 0 Å². The van der Waals surface area contributed by atoms with Crippen LogP contribution in [-0.4, -0.2) is 94.8 Å². The molecule has 0 heterocycles. The maximum Gasteiger partial charge on any atom is 0.638 e. The van der Waals surface area contributed by atoms with E-state index in [0.717, 1.165) is 41.5 Å². The monoisotopic (exact) mass is 928 g/mol. The summed E-state index contributed by atoms with van der Waals surface area (Å²) in [6, 6.07) is 32.8. The largest absolute Gasteiger partial charge is 0.638 e. The van der Waals surface area contributed by atoms with Crippen molar-refractivity contribution < 1.29 is 35.6 Å². The second kappa shape index (κ2) is 16.8. The van der Waals surface area contributed by atoms with Gasteiger partial charge in [-0.05, 0) is 146 Å². The van der Waals surface area contributed by atoms with Gasteiger partial charge in [0.05, 0.1) is 0 Å². The van der Waals surface area contributed by atoms with Gasteiger partial charge in [0.15, 0.2) is 0 Å². The number of benzene rings is 4. The van der Waals surface area contributed by atoms with Crippen LogP contribution in [0.3, 0.4) is 0 Å². The normalized spacial score (nSPS) is 14.2. The van der Waals surface area contributed by atoms with Crippen molar-refractivity contribution in [1.82, 2.24) is 0 Å². The van der Waals surface area contributed by atoms with Gasteiger partial charge >= 0.3 is 9.05 Å². The van der Waals surface area contributed by atoms with Crippen LogP contribution in [0.25, 0.3) is 0 Å². The van der Waals surface area contributed by atoms with Gasteiger partial charge < -0.3 is 35.6 Å². The molecule has 4 rings (SSSR count). The van der Waals surface area contributed by atoms with Crippen molar-refractivity contribution in [3.8, 4) is 0 Å². The Kier molecular flexibility index (Phi) is 14.2. The average molecular weight is 930 g/mol. The van der Waals surface area contributed by atoms with Crippen LogP contribution in [0.4, 0.5) is 0 Å². The summed E-state index contributed by atoms with van der Waals surface area (Å²) in [4.78, 5) is 43.6. The van der Waals surface area contributed by atoms with E-state index in [1.165, 1.54) is 0 Å². The molecule has 0 aliphatic rings. The fraction of sp³-hybridized carbons (Fsp3) is 0.400. The molecule has 0 saturated carbocycles. The smallest absolute Gasteiger partial charge is 0.428 e. The first-order chi connectivity index (χ1) is 25.7. The van der Waals surface area contributed by atoms with Gasteiger partial charge in [0.25, 0.3) is 0 Å². The Morgan fingerprint density at radius 1 is 0.246 bits per heavy atom. The van der Waals surface area contributed by atoms with Gasteiger partial charge in [0.2, 0.25) is 66.5 Å². The van der Waals surface area contributed by atoms with Crippen molar-refractivity contribution in [2.24, 2.45) is 0 Å². The molecule has 0 aliphatic heterocycles. The predicted molar refractivity (Wildman–Crippen MR) is 262 cm³/mol. The molecule has 0 amide bonds. The second-order valence-corrected chi connectivity index (χ2v) is 52.9. The van der Waals surface area contributed by atoms with Crippen LogP contribution in [0.15, 0.2) is 97.1 Å². The van der Waals surface area contributed by atoms with Crippen LogP contribution in [0.2, 0.25) is 105 Å². The number of hydrogen-bond acceptors (Lipinski definition) is 8. The van der Waals surface area contributed by atoms with Gasteiger partial charge in [0.1, 0.15) is 0 Å². The minimum atomic E-state index is -4.19. The first-order valence-electron chi connectivity index (χ1n) is 19.8. The Labute approximate surface area is 352 Å². The zero-order valence-corrected chi connectivity index (χ0v) is 46.2. The fourth-order valence-corrected chi connectivity index (χ4v) is 29.7. The van der Waals surface area contributed by atoms with Crippen LogP contribution in [0, 0.1) is 0 Å². The molecular weight excluding hydrogens is 861 g/mol. The lowest BCUT2D eigenvalue weighted by molar-refractivity contribution is 0.153. The molecule has 57 heavy (non-hydrogen) atoms. The molecule has 0 fully saturated rings. The van der Waals surface area contributed by atoms with Gasteiger partial charge in [-0.1, -0.05) is 97.1 Å². The molecule has 0 atom stereocenters. The molecular formula is C40H68O8Si9. The number of rotatable bonds is 16. The summed E-state index contributed by atoms with van der Waals surface area (Å²) in [5.41, 5.74) is 0. The van der Waals surface area contributed by atoms with E-state index in [2.05, 4.69) is 101 Å². The highest BCUT2D eigenvalue weighted by Crippen LogP contribution is 2.30. The van der Waals surface area contributed by atoms with Crippen LogP contribution >= 0.6 is 0 Å². The van der Waals surface area contributed by atoms with E-state index < -0.39 is 75.6 Å². The van der Waals surface area contributed by atoms with Crippen molar-refractivity contribution in [2.75, 3.05) is 0 Å². The minimum Gasteiger partial charge on any atom is -0.428 e. The maximum atomic E-state index is 10.9.